The summed E-state index contributed by atoms with van der Waals surface area (Å²) in [6, 6.07) is 5.11. The van der Waals surface area contributed by atoms with Crippen molar-refractivity contribution in [1.82, 2.24) is 4.98 Å². The van der Waals surface area contributed by atoms with E-state index >= 15 is 0 Å². The van der Waals surface area contributed by atoms with E-state index in [1.54, 1.807) is 13.0 Å². The SMILES string of the molecule is CCCC(C)(O)CNc1cc(C#N)cc(Cl)n1. The number of rotatable bonds is 5. The number of aliphatic hydroxyl groups is 1. The molecule has 1 aromatic heterocycles. The Balaban J connectivity index is 2.70. The molecular weight excluding hydrogens is 238 g/mol. The van der Waals surface area contributed by atoms with E-state index in [4.69, 9.17) is 16.9 Å². The van der Waals surface area contributed by atoms with Gasteiger partial charge < -0.3 is 10.4 Å². The Morgan fingerprint density at radius 2 is 2.29 bits per heavy atom. The fourth-order valence-corrected chi connectivity index (χ4v) is 1.77. The Hall–Kier alpha value is -1.31. The maximum atomic E-state index is 9.98. The van der Waals surface area contributed by atoms with Crippen LogP contribution in [0.4, 0.5) is 5.82 Å². The van der Waals surface area contributed by atoms with Crippen molar-refractivity contribution in [2.24, 2.45) is 0 Å². The zero-order chi connectivity index (χ0) is 12.9. The molecule has 0 aliphatic heterocycles. The van der Waals surface area contributed by atoms with Gasteiger partial charge in [-0.25, -0.2) is 4.98 Å². The molecular formula is C12H16ClN3O. The van der Waals surface area contributed by atoms with Gasteiger partial charge in [0.1, 0.15) is 11.0 Å². The molecule has 17 heavy (non-hydrogen) atoms. The highest BCUT2D eigenvalue weighted by molar-refractivity contribution is 6.29. The third kappa shape index (κ3) is 4.59. The minimum Gasteiger partial charge on any atom is -0.388 e. The summed E-state index contributed by atoms with van der Waals surface area (Å²) in [5, 5.41) is 22.0. The second-order valence-electron chi connectivity index (χ2n) is 4.28. The van der Waals surface area contributed by atoms with Crippen LogP contribution in [0.3, 0.4) is 0 Å². The lowest BCUT2D eigenvalue weighted by Gasteiger charge is -2.23. The number of anilines is 1. The van der Waals surface area contributed by atoms with Crippen molar-refractivity contribution >= 4 is 17.4 Å². The van der Waals surface area contributed by atoms with Crippen molar-refractivity contribution < 1.29 is 5.11 Å². The summed E-state index contributed by atoms with van der Waals surface area (Å²) in [5.41, 5.74) is -0.339. The summed E-state index contributed by atoms with van der Waals surface area (Å²) in [6.07, 6.45) is 1.60. The summed E-state index contributed by atoms with van der Waals surface area (Å²) in [5.74, 6) is 0.505. The molecule has 0 fully saturated rings. The van der Waals surface area contributed by atoms with E-state index in [9.17, 15) is 5.11 Å². The molecule has 0 saturated carbocycles. The lowest BCUT2D eigenvalue weighted by Crippen LogP contribution is -2.33. The first-order chi connectivity index (χ1) is 7.96. The van der Waals surface area contributed by atoms with E-state index in [1.807, 2.05) is 13.0 Å². The molecule has 0 aliphatic carbocycles. The molecule has 0 bridgehead atoms. The van der Waals surface area contributed by atoms with Gasteiger partial charge in [0.15, 0.2) is 0 Å². The van der Waals surface area contributed by atoms with Crippen molar-refractivity contribution in [3.05, 3.63) is 22.8 Å². The predicted octanol–water partition coefficient (Wildman–Crippen LogP) is 2.57. The maximum absolute atomic E-state index is 9.98. The summed E-state index contributed by atoms with van der Waals surface area (Å²) in [6.45, 7) is 4.15. The quantitative estimate of drug-likeness (QED) is 0.792. The van der Waals surface area contributed by atoms with Crippen LogP contribution in [0.2, 0.25) is 5.15 Å². The normalized spacial score (nSPS) is 13.8. The second kappa shape index (κ2) is 5.85. The highest BCUT2D eigenvalue weighted by Crippen LogP contribution is 2.16. The standard InChI is InChI=1S/C12H16ClN3O/c1-3-4-12(2,17)8-15-11-6-9(7-14)5-10(13)16-11/h5-6,17H,3-4,8H2,1-2H3,(H,15,16). The Labute approximate surface area is 106 Å². The van der Waals surface area contributed by atoms with E-state index in [-0.39, 0.29) is 5.15 Å². The van der Waals surface area contributed by atoms with Crippen molar-refractivity contribution in [2.75, 3.05) is 11.9 Å². The van der Waals surface area contributed by atoms with Gasteiger partial charge >= 0.3 is 0 Å². The zero-order valence-corrected chi connectivity index (χ0v) is 10.8. The Bertz CT molecular complexity index is 426. The number of aromatic nitrogens is 1. The first-order valence-electron chi connectivity index (χ1n) is 5.51. The van der Waals surface area contributed by atoms with Gasteiger partial charge in [-0.3, -0.25) is 0 Å². The number of nitriles is 1. The number of nitrogens with zero attached hydrogens (tertiary/aromatic N) is 2. The van der Waals surface area contributed by atoms with Crippen LogP contribution in [0, 0.1) is 11.3 Å². The molecule has 4 nitrogen and oxygen atoms in total. The summed E-state index contributed by atoms with van der Waals surface area (Å²) in [7, 11) is 0. The molecule has 5 heteroatoms. The van der Waals surface area contributed by atoms with Crippen molar-refractivity contribution in [3.8, 4) is 6.07 Å². The summed E-state index contributed by atoms with van der Waals surface area (Å²) >= 11 is 5.78. The molecule has 0 amide bonds. The third-order valence-electron chi connectivity index (χ3n) is 2.36. The van der Waals surface area contributed by atoms with Crippen molar-refractivity contribution in [3.63, 3.8) is 0 Å². The molecule has 92 valence electrons. The minimum atomic E-state index is -0.786. The smallest absolute Gasteiger partial charge is 0.132 e. The van der Waals surface area contributed by atoms with E-state index in [1.165, 1.54) is 6.07 Å². The molecule has 2 N–H and O–H groups in total. The molecule has 0 aliphatic rings. The van der Waals surface area contributed by atoms with Crippen LogP contribution < -0.4 is 5.32 Å². The van der Waals surface area contributed by atoms with Crippen LogP contribution in [0.5, 0.6) is 0 Å². The van der Waals surface area contributed by atoms with E-state index in [2.05, 4.69) is 10.3 Å². The lowest BCUT2D eigenvalue weighted by atomic mass is 10.0. The van der Waals surface area contributed by atoms with Crippen LogP contribution in [0.1, 0.15) is 32.3 Å². The second-order valence-corrected chi connectivity index (χ2v) is 4.66. The first-order valence-corrected chi connectivity index (χ1v) is 5.88. The molecule has 0 radical (unpaired) electrons. The predicted molar refractivity (Wildman–Crippen MR) is 68.0 cm³/mol. The summed E-state index contributed by atoms with van der Waals surface area (Å²) < 4.78 is 0. The number of pyridine rings is 1. The Morgan fingerprint density at radius 1 is 1.59 bits per heavy atom. The highest BCUT2D eigenvalue weighted by atomic mass is 35.5. The topological polar surface area (TPSA) is 68.9 Å². The van der Waals surface area contributed by atoms with E-state index < -0.39 is 5.60 Å². The van der Waals surface area contributed by atoms with Gasteiger partial charge in [-0.1, -0.05) is 24.9 Å². The van der Waals surface area contributed by atoms with Gasteiger partial charge in [0, 0.05) is 6.54 Å². The molecule has 1 aromatic rings. The van der Waals surface area contributed by atoms with Gasteiger partial charge in [-0.15, -0.1) is 0 Å². The fraction of sp³-hybridized carbons (Fsp3) is 0.500. The van der Waals surface area contributed by atoms with Gasteiger partial charge in [0.05, 0.1) is 17.2 Å². The maximum Gasteiger partial charge on any atom is 0.132 e. The van der Waals surface area contributed by atoms with Crippen LogP contribution in [-0.4, -0.2) is 22.2 Å². The molecule has 0 saturated heterocycles. The van der Waals surface area contributed by atoms with Crippen LogP contribution >= 0.6 is 11.6 Å². The van der Waals surface area contributed by atoms with Crippen LogP contribution in [-0.2, 0) is 0 Å². The highest BCUT2D eigenvalue weighted by Gasteiger charge is 2.18. The number of nitrogens with one attached hydrogen (secondary N) is 1. The molecule has 0 aromatic carbocycles. The molecule has 1 atom stereocenters. The van der Waals surface area contributed by atoms with Crippen molar-refractivity contribution in [2.45, 2.75) is 32.3 Å². The number of halogens is 1. The Morgan fingerprint density at radius 3 is 2.88 bits per heavy atom. The average molecular weight is 254 g/mol. The molecule has 1 heterocycles. The van der Waals surface area contributed by atoms with Crippen LogP contribution in [0.15, 0.2) is 12.1 Å². The largest absolute Gasteiger partial charge is 0.388 e. The monoisotopic (exact) mass is 253 g/mol. The lowest BCUT2D eigenvalue weighted by molar-refractivity contribution is 0.0636. The van der Waals surface area contributed by atoms with Gasteiger partial charge in [-0.2, -0.15) is 5.26 Å². The average Bonchev–Trinajstić information content (AvgIpc) is 2.26. The number of hydrogen-bond acceptors (Lipinski definition) is 4. The third-order valence-corrected chi connectivity index (χ3v) is 2.56. The molecule has 1 rings (SSSR count). The summed E-state index contributed by atoms with van der Waals surface area (Å²) in [4.78, 5) is 4.04. The minimum absolute atomic E-state index is 0.265. The molecule has 1 unspecified atom stereocenters. The van der Waals surface area contributed by atoms with Gasteiger partial charge in [0.2, 0.25) is 0 Å². The fourth-order valence-electron chi connectivity index (χ4n) is 1.56. The number of hydrogen-bond donors (Lipinski definition) is 2. The zero-order valence-electron chi connectivity index (χ0n) is 10.00. The molecule has 0 spiro atoms. The first kappa shape index (κ1) is 13.8. The Kier molecular flexibility index (Phi) is 4.73. The van der Waals surface area contributed by atoms with Crippen LogP contribution in [0.25, 0.3) is 0 Å². The van der Waals surface area contributed by atoms with Crippen molar-refractivity contribution in [1.29, 1.82) is 5.26 Å². The van der Waals surface area contributed by atoms with Gasteiger partial charge in [-0.05, 0) is 25.5 Å². The van der Waals surface area contributed by atoms with E-state index in [0.29, 0.717) is 24.3 Å². The van der Waals surface area contributed by atoms with Gasteiger partial charge in [0.25, 0.3) is 0 Å². The van der Waals surface area contributed by atoms with E-state index in [0.717, 1.165) is 6.42 Å².